The number of halogens is 1. The van der Waals surface area contributed by atoms with Crippen LogP contribution in [0.3, 0.4) is 0 Å². The first-order chi connectivity index (χ1) is 16.8. The molecular weight excluding hydrogens is 474 g/mol. The van der Waals surface area contributed by atoms with Gasteiger partial charge in [0.05, 0.1) is 20.2 Å². The molecule has 2 aromatic heterocycles. The zero-order valence-electron chi connectivity index (χ0n) is 19.8. The van der Waals surface area contributed by atoms with Crippen molar-refractivity contribution in [3.63, 3.8) is 0 Å². The normalized spacial score (nSPS) is 11.0. The van der Waals surface area contributed by atoms with Gasteiger partial charge in [0.1, 0.15) is 12.3 Å². The van der Waals surface area contributed by atoms with E-state index in [1.165, 1.54) is 0 Å². The topological polar surface area (TPSA) is 180 Å². The molecule has 2 amide bonds. The quantitative estimate of drug-likeness (QED) is 0.232. The molecule has 0 saturated heterocycles. The first-order valence-electron chi connectivity index (χ1n) is 11.2. The largest absolute Gasteiger partial charge is 0.497 e. The van der Waals surface area contributed by atoms with E-state index < -0.39 is 5.91 Å². The van der Waals surface area contributed by atoms with Crippen molar-refractivity contribution in [2.24, 2.45) is 5.73 Å². The maximum atomic E-state index is 12.8. The van der Waals surface area contributed by atoms with Gasteiger partial charge in [-0.1, -0.05) is 11.6 Å². The number of aromatic nitrogens is 4. The molecule has 0 saturated carbocycles. The summed E-state index contributed by atoms with van der Waals surface area (Å²) in [5.74, 6) is 0.805. The maximum Gasteiger partial charge on any atom is 0.277 e. The Hall–Kier alpha value is -3.64. The summed E-state index contributed by atoms with van der Waals surface area (Å²) in [4.78, 5) is 32.7. The summed E-state index contributed by atoms with van der Waals surface area (Å²) in [5.41, 5.74) is 18.7. The highest BCUT2D eigenvalue weighted by Gasteiger charge is 2.26. The van der Waals surface area contributed by atoms with Gasteiger partial charge in [0.25, 0.3) is 11.7 Å². The predicted octanol–water partition coefficient (Wildman–Crippen LogP) is 0.350. The summed E-state index contributed by atoms with van der Waals surface area (Å²) in [6.45, 7) is 4.23. The Bertz CT molecular complexity index is 1230. The van der Waals surface area contributed by atoms with Crippen LogP contribution in [-0.4, -0.2) is 46.5 Å². The molecule has 0 fully saturated rings. The van der Waals surface area contributed by atoms with E-state index in [1.807, 2.05) is 25.1 Å². The van der Waals surface area contributed by atoms with E-state index in [0.29, 0.717) is 44.8 Å². The number of carbonyl (C=O) groups is 2. The molecule has 0 bridgehead atoms. The number of imidazole rings is 1. The van der Waals surface area contributed by atoms with Crippen LogP contribution in [0.25, 0.3) is 11.0 Å². The average molecular weight is 505 g/mol. The first-order valence-corrected chi connectivity index (χ1v) is 11.6. The zero-order valence-corrected chi connectivity index (χ0v) is 20.6. The lowest BCUT2D eigenvalue weighted by Crippen LogP contribution is -2.42. The minimum Gasteiger partial charge on any atom is -0.497 e. The molecule has 0 spiro atoms. The number of nitrogens with one attached hydrogen (secondary N) is 2. The Morgan fingerprint density at radius 1 is 1.20 bits per heavy atom. The molecule has 35 heavy (non-hydrogen) atoms. The molecule has 0 aliphatic rings. The van der Waals surface area contributed by atoms with Gasteiger partial charge in [0.15, 0.2) is 33.5 Å². The zero-order chi connectivity index (χ0) is 25.5. The summed E-state index contributed by atoms with van der Waals surface area (Å²) >= 11 is 5.92. The molecule has 3 rings (SSSR count). The number of fused-ring (bicyclic) bond motifs is 1. The van der Waals surface area contributed by atoms with Gasteiger partial charge in [-0.3, -0.25) is 9.59 Å². The fraction of sp³-hybridized carbons (Fsp3) is 0.409. The van der Waals surface area contributed by atoms with Gasteiger partial charge >= 0.3 is 0 Å². The number of methoxy groups -OCH3 is 1. The SMILES string of the molecule is CCn1c(CNC(=O)c2nc(Cl)c(N)nc2N)[n+](CCCC(=O)NCCN)c2ccc(OC)cc21. The van der Waals surface area contributed by atoms with Crippen molar-refractivity contribution in [3.8, 4) is 5.75 Å². The number of amides is 2. The van der Waals surface area contributed by atoms with Gasteiger partial charge in [-0.25, -0.2) is 19.1 Å². The van der Waals surface area contributed by atoms with Crippen LogP contribution < -0.4 is 37.1 Å². The van der Waals surface area contributed by atoms with Crippen molar-refractivity contribution in [2.75, 3.05) is 31.7 Å². The third kappa shape index (κ3) is 5.89. The Morgan fingerprint density at radius 2 is 1.97 bits per heavy atom. The van der Waals surface area contributed by atoms with Crippen LogP contribution in [0, 0.1) is 0 Å². The summed E-state index contributed by atoms with van der Waals surface area (Å²) in [5, 5.41) is 5.53. The first kappa shape index (κ1) is 26.0. The van der Waals surface area contributed by atoms with Crippen molar-refractivity contribution >= 4 is 46.1 Å². The van der Waals surface area contributed by atoms with Crippen LogP contribution in [0.5, 0.6) is 5.75 Å². The number of aryl methyl sites for hydroxylation is 2. The lowest BCUT2D eigenvalue weighted by Gasteiger charge is -2.09. The molecule has 13 heteroatoms. The number of hydrogen-bond donors (Lipinski definition) is 5. The van der Waals surface area contributed by atoms with Crippen LogP contribution in [0.15, 0.2) is 18.2 Å². The van der Waals surface area contributed by atoms with E-state index in [0.717, 1.165) is 16.9 Å². The van der Waals surface area contributed by atoms with Crippen molar-refractivity contribution in [1.29, 1.82) is 0 Å². The number of carbonyl (C=O) groups excluding carboxylic acids is 2. The fourth-order valence-corrected chi connectivity index (χ4v) is 3.97. The highest BCUT2D eigenvalue weighted by molar-refractivity contribution is 6.31. The lowest BCUT2D eigenvalue weighted by atomic mass is 10.2. The second kappa shape index (κ2) is 11.7. The molecule has 0 aliphatic carbocycles. The summed E-state index contributed by atoms with van der Waals surface area (Å²) in [6.07, 6.45) is 0.951. The highest BCUT2D eigenvalue weighted by Crippen LogP contribution is 2.22. The predicted molar refractivity (Wildman–Crippen MR) is 133 cm³/mol. The van der Waals surface area contributed by atoms with Gasteiger partial charge in [-0.15, -0.1) is 0 Å². The van der Waals surface area contributed by atoms with E-state index in [2.05, 4.69) is 29.7 Å². The number of rotatable bonds is 11. The third-order valence-corrected chi connectivity index (χ3v) is 5.76. The van der Waals surface area contributed by atoms with Gasteiger partial charge in [0.2, 0.25) is 5.91 Å². The minimum absolute atomic E-state index is 0.0471. The molecule has 12 nitrogen and oxygen atoms in total. The van der Waals surface area contributed by atoms with Gasteiger partial charge in [0, 0.05) is 25.6 Å². The standard InChI is InChI=1S/C22H30ClN9O3/c1-3-31-15-11-13(35-2)6-7-14(15)32(10-4-5-16(33)27-9-8-24)17(31)12-28-22(34)18-20(25)30-21(26)19(23)29-18/h6-7,11H,3-5,8-10,12,24H2,1-2H3,(H5-,25,26,27,28,30,33,34)/p+1. The highest BCUT2D eigenvalue weighted by atomic mass is 35.5. The minimum atomic E-state index is -0.532. The molecular formula is C22H31ClN9O3+. The van der Waals surface area contributed by atoms with Crippen molar-refractivity contribution in [2.45, 2.75) is 39.4 Å². The number of anilines is 2. The molecule has 3 aromatic rings. The van der Waals surface area contributed by atoms with Crippen LogP contribution in [0.2, 0.25) is 5.15 Å². The Balaban J connectivity index is 1.90. The Morgan fingerprint density at radius 3 is 2.66 bits per heavy atom. The number of nitrogens with two attached hydrogens (primary N) is 3. The molecule has 188 valence electrons. The number of benzene rings is 1. The van der Waals surface area contributed by atoms with Crippen molar-refractivity contribution in [1.82, 2.24) is 25.2 Å². The Labute approximate surface area is 207 Å². The summed E-state index contributed by atoms with van der Waals surface area (Å²) in [7, 11) is 1.61. The summed E-state index contributed by atoms with van der Waals surface area (Å²) < 4.78 is 9.57. The molecule has 0 radical (unpaired) electrons. The number of nitrogens with zero attached hydrogens (tertiary/aromatic N) is 4. The Kier molecular flexibility index (Phi) is 8.66. The molecule has 2 heterocycles. The van der Waals surface area contributed by atoms with Crippen LogP contribution in [0.1, 0.15) is 36.1 Å². The molecule has 1 aromatic carbocycles. The summed E-state index contributed by atoms with van der Waals surface area (Å²) in [6, 6.07) is 5.78. The van der Waals surface area contributed by atoms with Gasteiger partial charge < -0.3 is 32.6 Å². The molecule has 8 N–H and O–H groups in total. The van der Waals surface area contributed by atoms with Crippen molar-refractivity contribution < 1.29 is 18.9 Å². The van der Waals surface area contributed by atoms with E-state index in [9.17, 15) is 9.59 Å². The number of nitrogen functional groups attached to an aromatic ring is 2. The molecule has 0 unspecified atom stereocenters. The van der Waals surface area contributed by atoms with Crippen molar-refractivity contribution in [3.05, 3.63) is 34.9 Å². The van der Waals surface area contributed by atoms with E-state index >= 15 is 0 Å². The molecule has 0 atom stereocenters. The average Bonchev–Trinajstić information content (AvgIpc) is 3.14. The monoisotopic (exact) mass is 504 g/mol. The second-order valence-electron chi connectivity index (χ2n) is 7.73. The smallest absolute Gasteiger partial charge is 0.277 e. The second-order valence-corrected chi connectivity index (χ2v) is 8.08. The maximum absolute atomic E-state index is 12.8. The molecule has 0 aliphatic heterocycles. The van der Waals surface area contributed by atoms with Crippen LogP contribution >= 0.6 is 11.6 Å². The van der Waals surface area contributed by atoms with Gasteiger partial charge in [-0.05, 0) is 25.5 Å². The number of hydrogen-bond acceptors (Lipinski definition) is 8. The van der Waals surface area contributed by atoms with E-state index in [4.69, 9.17) is 33.5 Å². The van der Waals surface area contributed by atoms with Crippen LogP contribution in [-0.2, 0) is 24.4 Å². The fourth-order valence-electron chi connectivity index (χ4n) is 3.84. The number of ether oxygens (including phenoxy) is 1. The lowest BCUT2D eigenvalue weighted by molar-refractivity contribution is -0.680. The van der Waals surface area contributed by atoms with E-state index in [1.54, 1.807) is 7.11 Å². The third-order valence-electron chi connectivity index (χ3n) is 5.48. The van der Waals surface area contributed by atoms with Crippen LogP contribution in [0.4, 0.5) is 11.6 Å². The van der Waals surface area contributed by atoms with Gasteiger partial charge in [-0.2, -0.15) is 0 Å². The van der Waals surface area contributed by atoms with E-state index in [-0.39, 0.29) is 34.9 Å².